The SMILES string of the molecule is CCCC(=O)c1ccc(-n2cnc3c(NCCC(F)(F)F)cc(Br)cc32)cc1C.CCCC(=O)c1ccc(-n2cnc3c(NCCC(F)(F)F)cc(Oc4cccc(F)c4F)cc32)cc1C. The standard InChI is InChI=1S/C27H24F5N3O2.C21H21BrF3N3O/c1-3-5-23(36)19-9-8-17(12-16(19)2)35-15-34-26-21(33-11-10-27(30,31)32)13-18(14-22(26)35)37-24-7-4-6-20(28)25(24)29;1-3-4-19(29)16-6-5-15(9-13(16)2)28-12-27-20-17(10-14(22)11-18(20)28)26-8-7-21(23,24)25/h4,6-9,12-15,33H,3,5,10-11H2,1-2H3;5-6,9-12,26H,3-4,7-8H2,1-2H3. The number of benzene rings is 5. The zero-order chi connectivity index (χ0) is 47.9. The molecule has 0 spiro atoms. The molecule has 7 rings (SSSR count). The molecule has 0 aliphatic rings. The van der Waals surface area contributed by atoms with Crippen molar-refractivity contribution in [3.8, 4) is 22.9 Å². The minimum Gasteiger partial charge on any atom is -0.454 e. The van der Waals surface area contributed by atoms with Crippen LogP contribution in [0.5, 0.6) is 11.5 Å². The summed E-state index contributed by atoms with van der Waals surface area (Å²) in [5.74, 6) is -2.44. The zero-order valence-corrected chi connectivity index (χ0v) is 37.8. The minimum absolute atomic E-state index is 0.0333. The van der Waals surface area contributed by atoms with Crippen LogP contribution in [0.4, 0.5) is 46.5 Å². The van der Waals surface area contributed by atoms with Gasteiger partial charge in [0.1, 0.15) is 29.4 Å². The van der Waals surface area contributed by atoms with Gasteiger partial charge in [-0.15, -0.1) is 0 Å². The average Bonchev–Trinajstić information content (AvgIpc) is 3.87. The van der Waals surface area contributed by atoms with E-state index < -0.39 is 43.4 Å². The van der Waals surface area contributed by atoms with E-state index in [-0.39, 0.29) is 35.3 Å². The van der Waals surface area contributed by atoms with Crippen molar-refractivity contribution in [2.45, 2.75) is 78.6 Å². The van der Waals surface area contributed by atoms with Crippen molar-refractivity contribution >= 4 is 60.9 Å². The molecule has 0 aliphatic heterocycles. The maximum absolute atomic E-state index is 14.2. The van der Waals surface area contributed by atoms with Gasteiger partial charge >= 0.3 is 12.4 Å². The van der Waals surface area contributed by atoms with E-state index in [1.54, 1.807) is 35.2 Å². The number of ether oxygens (including phenoxy) is 1. The van der Waals surface area contributed by atoms with E-state index in [1.807, 2.05) is 56.5 Å². The number of alkyl halides is 6. The number of carbonyl (C=O) groups excluding carboxylic acids is 2. The molecular formula is C48H45BrF8N6O3. The van der Waals surface area contributed by atoms with Crippen molar-refractivity contribution in [3.05, 3.63) is 130 Å². The molecule has 2 N–H and O–H groups in total. The Kier molecular flexibility index (Phi) is 15.6. The summed E-state index contributed by atoms with van der Waals surface area (Å²) in [4.78, 5) is 33.4. The summed E-state index contributed by atoms with van der Waals surface area (Å²) in [6.07, 6.45) is -4.99. The first-order valence-electron chi connectivity index (χ1n) is 21.0. The number of ketones is 2. The topological polar surface area (TPSA) is 103 Å². The number of Topliss-reactive ketones (excluding diaryl/α,β-unsaturated/α-hetero) is 2. The molecule has 0 saturated heterocycles. The van der Waals surface area contributed by atoms with Gasteiger partial charge in [0, 0.05) is 65.0 Å². The van der Waals surface area contributed by atoms with Crippen molar-refractivity contribution in [1.29, 1.82) is 0 Å². The van der Waals surface area contributed by atoms with Crippen molar-refractivity contribution in [2.75, 3.05) is 23.7 Å². The Labute approximate surface area is 383 Å². The van der Waals surface area contributed by atoms with Crippen molar-refractivity contribution in [3.63, 3.8) is 0 Å². The summed E-state index contributed by atoms with van der Waals surface area (Å²) >= 11 is 3.42. The number of hydrogen-bond donors (Lipinski definition) is 2. The fourth-order valence-electron chi connectivity index (χ4n) is 7.22. The lowest BCUT2D eigenvalue weighted by molar-refractivity contribution is -0.132. The normalized spacial score (nSPS) is 11.7. The predicted molar refractivity (Wildman–Crippen MR) is 243 cm³/mol. The molecule has 66 heavy (non-hydrogen) atoms. The maximum atomic E-state index is 14.2. The van der Waals surface area contributed by atoms with Gasteiger partial charge in [-0.2, -0.15) is 30.7 Å². The highest BCUT2D eigenvalue weighted by atomic mass is 79.9. The van der Waals surface area contributed by atoms with Crippen LogP contribution in [0.1, 0.15) is 84.2 Å². The first-order valence-corrected chi connectivity index (χ1v) is 21.7. The van der Waals surface area contributed by atoms with Crippen LogP contribution >= 0.6 is 15.9 Å². The summed E-state index contributed by atoms with van der Waals surface area (Å²) < 4.78 is 113. The lowest BCUT2D eigenvalue weighted by Gasteiger charge is -2.14. The summed E-state index contributed by atoms with van der Waals surface area (Å²) in [6.45, 7) is 6.96. The van der Waals surface area contributed by atoms with Gasteiger partial charge in [0.2, 0.25) is 5.82 Å². The third kappa shape index (κ3) is 12.1. The number of carbonyl (C=O) groups is 2. The molecule has 0 bridgehead atoms. The van der Waals surface area contributed by atoms with Crippen LogP contribution in [0, 0.1) is 25.5 Å². The van der Waals surface area contributed by atoms with Gasteiger partial charge in [0.15, 0.2) is 23.1 Å². The first-order chi connectivity index (χ1) is 31.3. The Morgan fingerprint density at radius 2 is 1.15 bits per heavy atom. The molecule has 0 saturated carbocycles. The van der Waals surface area contributed by atoms with Gasteiger partial charge in [-0.05, 0) is 98.5 Å². The molecule has 0 radical (unpaired) electrons. The van der Waals surface area contributed by atoms with Crippen molar-refractivity contribution < 1.29 is 49.4 Å². The Morgan fingerprint density at radius 1 is 0.667 bits per heavy atom. The van der Waals surface area contributed by atoms with E-state index in [0.29, 0.717) is 51.9 Å². The van der Waals surface area contributed by atoms with Crippen LogP contribution in [0.15, 0.2) is 96.0 Å². The van der Waals surface area contributed by atoms with Gasteiger partial charge in [-0.1, -0.05) is 35.8 Å². The largest absolute Gasteiger partial charge is 0.454 e. The second-order valence-corrected chi connectivity index (χ2v) is 16.4. The van der Waals surface area contributed by atoms with Crippen molar-refractivity contribution in [2.24, 2.45) is 0 Å². The number of hydrogen-bond acceptors (Lipinski definition) is 7. The van der Waals surface area contributed by atoms with E-state index in [2.05, 4.69) is 36.5 Å². The molecule has 2 heterocycles. The summed E-state index contributed by atoms with van der Waals surface area (Å²) in [5, 5.41) is 5.55. The van der Waals surface area contributed by atoms with Crippen LogP contribution in [0.3, 0.4) is 0 Å². The van der Waals surface area contributed by atoms with E-state index in [4.69, 9.17) is 4.74 Å². The lowest BCUT2D eigenvalue weighted by Crippen LogP contribution is -2.14. The van der Waals surface area contributed by atoms with E-state index in [1.165, 1.54) is 30.6 Å². The Balaban J connectivity index is 0.000000225. The van der Waals surface area contributed by atoms with Crippen LogP contribution in [0.25, 0.3) is 33.4 Å². The van der Waals surface area contributed by atoms with Crippen LogP contribution in [-0.2, 0) is 0 Å². The second-order valence-electron chi connectivity index (χ2n) is 15.5. The van der Waals surface area contributed by atoms with Crippen LogP contribution in [-0.4, -0.2) is 56.1 Å². The Hall–Kier alpha value is -6.30. The Morgan fingerprint density at radius 3 is 1.62 bits per heavy atom. The van der Waals surface area contributed by atoms with Gasteiger partial charge < -0.3 is 15.4 Å². The predicted octanol–water partition coefficient (Wildman–Crippen LogP) is 14.2. The molecule has 0 unspecified atom stereocenters. The zero-order valence-electron chi connectivity index (χ0n) is 36.2. The van der Waals surface area contributed by atoms with E-state index in [0.717, 1.165) is 45.7 Å². The molecule has 0 atom stereocenters. The molecule has 0 amide bonds. The van der Waals surface area contributed by atoms with E-state index in [9.17, 15) is 44.7 Å². The monoisotopic (exact) mass is 984 g/mol. The molecule has 18 heteroatoms. The summed E-state index contributed by atoms with van der Waals surface area (Å²) in [5.41, 5.74) is 7.35. The highest BCUT2D eigenvalue weighted by Crippen LogP contribution is 2.35. The van der Waals surface area contributed by atoms with Gasteiger partial charge in [-0.25, -0.2) is 14.4 Å². The lowest BCUT2D eigenvalue weighted by atomic mass is 10.0. The number of nitrogens with zero attached hydrogens (tertiary/aromatic N) is 4. The van der Waals surface area contributed by atoms with Gasteiger partial charge in [0.05, 0.1) is 35.2 Å². The number of aryl methyl sites for hydroxylation is 2. The first kappa shape index (κ1) is 49.1. The number of halogens is 9. The smallest absolute Gasteiger partial charge is 0.390 e. The number of fused-ring (bicyclic) bond motifs is 2. The third-order valence-electron chi connectivity index (χ3n) is 10.4. The Bertz CT molecular complexity index is 2870. The third-order valence-corrected chi connectivity index (χ3v) is 10.8. The van der Waals surface area contributed by atoms with Gasteiger partial charge in [-0.3, -0.25) is 18.7 Å². The van der Waals surface area contributed by atoms with Crippen molar-refractivity contribution in [1.82, 2.24) is 19.1 Å². The molecular weight excluding hydrogens is 940 g/mol. The molecule has 348 valence electrons. The molecule has 0 aliphatic carbocycles. The number of nitrogens with one attached hydrogen (secondary N) is 2. The number of imidazole rings is 2. The minimum atomic E-state index is -4.36. The highest BCUT2D eigenvalue weighted by Gasteiger charge is 2.27. The second kappa shape index (κ2) is 20.9. The molecule has 2 aromatic heterocycles. The summed E-state index contributed by atoms with van der Waals surface area (Å²) in [7, 11) is 0. The van der Waals surface area contributed by atoms with Crippen LogP contribution in [0.2, 0.25) is 0 Å². The maximum Gasteiger partial charge on any atom is 0.390 e. The van der Waals surface area contributed by atoms with E-state index >= 15 is 0 Å². The molecule has 5 aromatic carbocycles. The fraction of sp³-hybridized carbons (Fsp3) is 0.292. The highest BCUT2D eigenvalue weighted by molar-refractivity contribution is 9.10. The quantitative estimate of drug-likeness (QED) is 0.0734. The number of anilines is 2. The number of aromatic nitrogens is 4. The summed E-state index contributed by atoms with van der Waals surface area (Å²) in [6, 6.07) is 20.8. The molecule has 9 nitrogen and oxygen atoms in total. The van der Waals surface area contributed by atoms with Crippen LogP contribution < -0.4 is 15.4 Å². The number of rotatable bonds is 16. The van der Waals surface area contributed by atoms with Gasteiger partial charge in [0.25, 0.3) is 0 Å². The fourth-order valence-corrected chi connectivity index (χ4v) is 7.67. The molecule has 7 aromatic rings. The molecule has 0 fully saturated rings. The average molecular weight is 986 g/mol.